The number of nitrogens with one attached hydrogen (secondary N) is 1. The van der Waals surface area contributed by atoms with E-state index in [-0.39, 0.29) is 11.9 Å². The summed E-state index contributed by atoms with van der Waals surface area (Å²) < 4.78 is 16.5. The number of rotatable bonds is 10. The van der Waals surface area contributed by atoms with Crippen molar-refractivity contribution in [2.24, 2.45) is 5.92 Å². The van der Waals surface area contributed by atoms with Gasteiger partial charge in [0, 0.05) is 19.0 Å². The highest BCUT2D eigenvalue weighted by Gasteiger charge is 2.18. The minimum Gasteiger partial charge on any atom is -0.497 e. The van der Waals surface area contributed by atoms with Gasteiger partial charge >= 0.3 is 5.97 Å². The number of pyridine rings is 1. The second-order valence-corrected chi connectivity index (χ2v) is 9.74. The normalized spacial score (nSPS) is 11.8. The predicted molar refractivity (Wildman–Crippen MR) is 139 cm³/mol. The smallest absolute Gasteiger partial charge is 0.306 e. The minimum absolute atomic E-state index is 0.153. The van der Waals surface area contributed by atoms with Gasteiger partial charge in [-0.1, -0.05) is 31.2 Å². The van der Waals surface area contributed by atoms with Gasteiger partial charge in [-0.3, -0.25) is 4.79 Å². The first kappa shape index (κ1) is 26.6. The van der Waals surface area contributed by atoms with E-state index in [0.29, 0.717) is 36.0 Å². The molecule has 0 bridgehead atoms. The van der Waals surface area contributed by atoms with E-state index < -0.39 is 5.60 Å². The Balaban J connectivity index is 1.60. The lowest BCUT2D eigenvalue weighted by atomic mass is 9.98. The van der Waals surface area contributed by atoms with E-state index >= 15 is 0 Å². The fraction of sp³-hybridized carbons (Fsp3) is 0.345. The lowest BCUT2D eigenvalue weighted by Crippen LogP contribution is -2.25. The van der Waals surface area contributed by atoms with Crippen molar-refractivity contribution in [3.63, 3.8) is 0 Å². The summed E-state index contributed by atoms with van der Waals surface area (Å²) >= 11 is 0. The molecule has 1 atom stereocenters. The number of esters is 1. The summed E-state index contributed by atoms with van der Waals surface area (Å²) in [6.07, 6.45) is 1.12. The number of carbonyl (C=O) groups excluding carboxylic acids is 1. The predicted octanol–water partition coefficient (Wildman–Crippen LogP) is 6.28. The molecule has 36 heavy (non-hydrogen) atoms. The van der Waals surface area contributed by atoms with Crippen LogP contribution < -0.4 is 14.8 Å². The van der Waals surface area contributed by atoms with Crippen molar-refractivity contribution < 1.29 is 19.0 Å². The first-order valence-electron chi connectivity index (χ1n) is 11.9. The number of nitrogens with zero attached hydrogens (tertiary/aromatic N) is 2. The molecule has 0 spiro atoms. The zero-order valence-electron chi connectivity index (χ0n) is 21.5. The van der Waals surface area contributed by atoms with Crippen molar-refractivity contribution in [3.8, 4) is 23.4 Å². The monoisotopic (exact) mass is 487 g/mol. The molecule has 0 fully saturated rings. The SMILES string of the molecule is COc1ccc(CNc2cc(C#N)cc(Oc3ccc(CC(C)CC(=O)OC(C)(C)C)cc3)n2)cc1. The van der Waals surface area contributed by atoms with Gasteiger partial charge in [0.25, 0.3) is 0 Å². The van der Waals surface area contributed by atoms with Crippen LogP contribution >= 0.6 is 0 Å². The number of methoxy groups -OCH3 is 1. The van der Waals surface area contributed by atoms with Crippen LogP contribution in [0.25, 0.3) is 0 Å². The summed E-state index contributed by atoms with van der Waals surface area (Å²) in [5, 5.41) is 12.7. The minimum atomic E-state index is -0.474. The number of nitriles is 1. The molecule has 1 heterocycles. The maximum absolute atomic E-state index is 12.1. The fourth-order valence-corrected chi connectivity index (χ4v) is 3.61. The lowest BCUT2D eigenvalue weighted by Gasteiger charge is -2.21. The van der Waals surface area contributed by atoms with E-state index in [2.05, 4.69) is 16.4 Å². The Labute approximate surface area is 213 Å². The Kier molecular flexibility index (Phi) is 8.91. The molecule has 1 unspecified atom stereocenters. The molecule has 2 aromatic carbocycles. The van der Waals surface area contributed by atoms with E-state index in [4.69, 9.17) is 14.2 Å². The molecule has 0 saturated heterocycles. The van der Waals surface area contributed by atoms with Crippen molar-refractivity contribution in [1.29, 1.82) is 5.26 Å². The van der Waals surface area contributed by atoms with Gasteiger partial charge in [-0.25, -0.2) is 0 Å². The highest BCUT2D eigenvalue weighted by molar-refractivity contribution is 5.70. The summed E-state index contributed by atoms with van der Waals surface area (Å²) in [5.74, 6) is 2.25. The summed E-state index contributed by atoms with van der Waals surface area (Å²) in [4.78, 5) is 16.6. The number of anilines is 1. The third-order valence-corrected chi connectivity index (χ3v) is 5.23. The van der Waals surface area contributed by atoms with Gasteiger partial charge < -0.3 is 19.5 Å². The summed E-state index contributed by atoms with van der Waals surface area (Å²) in [6, 6.07) is 20.8. The van der Waals surface area contributed by atoms with Crippen LogP contribution in [0.4, 0.5) is 5.82 Å². The number of hydrogen-bond acceptors (Lipinski definition) is 7. The van der Waals surface area contributed by atoms with E-state index in [0.717, 1.165) is 23.3 Å². The van der Waals surface area contributed by atoms with Crippen molar-refractivity contribution in [2.45, 2.75) is 52.7 Å². The molecule has 1 N–H and O–H groups in total. The molecule has 0 amide bonds. The highest BCUT2D eigenvalue weighted by atomic mass is 16.6. The number of hydrogen-bond donors (Lipinski definition) is 1. The topological polar surface area (TPSA) is 93.5 Å². The Morgan fingerprint density at radius 3 is 2.28 bits per heavy atom. The Morgan fingerprint density at radius 2 is 1.67 bits per heavy atom. The second-order valence-electron chi connectivity index (χ2n) is 9.74. The number of benzene rings is 2. The molecule has 0 aliphatic heterocycles. The van der Waals surface area contributed by atoms with Crippen LogP contribution in [0.3, 0.4) is 0 Å². The van der Waals surface area contributed by atoms with Gasteiger partial charge in [-0.2, -0.15) is 10.2 Å². The van der Waals surface area contributed by atoms with Gasteiger partial charge in [0.2, 0.25) is 5.88 Å². The lowest BCUT2D eigenvalue weighted by molar-refractivity contribution is -0.155. The van der Waals surface area contributed by atoms with Crippen LogP contribution in [0, 0.1) is 17.2 Å². The quantitative estimate of drug-likeness (QED) is 0.337. The molecule has 7 heteroatoms. The summed E-state index contributed by atoms with van der Waals surface area (Å²) in [6.45, 7) is 8.19. The van der Waals surface area contributed by atoms with Crippen molar-refractivity contribution >= 4 is 11.8 Å². The van der Waals surface area contributed by atoms with Crippen LogP contribution in [0.15, 0.2) is 60.7 Å². The molecular formula is C29H33N3O4. The summed E-state index contributed by atoms with van der Waals surface area (Å²) in [5.41, 5.74) is 2.13. The third kappa shape index (κ3) is 8.62. The molecule has 1 aromatic heterocycles. The number of ether oxygens (including phenoxy) is 3. The van der Waals surface area contributed by atoms with Crippen LogP contribution in [0.2, 0.25) is 0 Å². The maximum Gasteiger partial charge on any atom is 0.306 e. The Hall–Kier alpha value is -4.05. The molecule has 188 valence electrons. The van der Waals surface area contributed by atoms with Crippen LogP contribution in [0.5, 0.6) is 17.4 Å². The molecule has 0 aliphatic carbocycles. The average Bonchev–Trinajstić information content (AvgIpc) is 2.82. The van der Waals surface area contributed by atoms with E-state index in [1.54, 1.807) is 19.2 Å². The van der Waals surface area contributed by atoms with Crippen LogP contribution in [0.1, 0.15) is 50.8 Å². The van der Waals surface area contributed by atoms with Gasteiger partial charge in [-0.05, 0) is 74.6 Å². The molecule has 0 aliphatic rings. The van der Waals surface area contributed by atoms with E-state index in [1.807, 2.05) is 76.2 Å². The first-order chi connectivity index (χ1) is 17.1. The standard InChI is InChI=1S/C29H33N3O4/c1-20(15-28(33)36-29(2,3)4)14-21-6-12-25(13-7-21)35-27-17-23(18-30)16-26(32-27)31-19-22-8-10-24(34-5)11-9-22/h6-13,16-17,20H,14-15,19H2,1-5H3,(H,31,32). The van der Waals surface area contributed by atoms with Gasteiger partial charge in [-0.15, -0.1) is 0 Å². The zero-order valence-corrected chi connectivity index (χ0v) is 21.5. The molecule has 3 aromatic rings. The largest absolute Gasteiger partial charge is 0.497 e. The molecule has 0 saturated carbocycles. The maximum atomic E-state index is 12.1. The van der Waals surface area contributed by atoms with Crippen LogP contribution in [-0.2, 0) is 22.5 Å². The fourth-order valence-electron chi connectivity index (χ4n) is 3.61. The van der Waals surface area contributed by atoms with Crippen LogP contribution in [-0.4, -0.2) is 23.7 Å². The molecular weight excluding hydrogens is 454 g/mol. The average molecular weight is 488 g/mol. The van der Waals surface area contributed by atoms with Gasteiger partial charge in [0.05, 0.1) is 18.7 Å². The zero-order chi connectivity index (χ0) is 26.1. The highest BCUT2D eigenvalue weighted by Crippen LogP contribution is 2.25. The number of carbonyl (C=O) groups is 1. The van der Waals surface area contributed by atoms with E-state index in [9.17, 15) is 10.1 Å². The van der Waals surface area contributed by atoms with Crippen molar-refractivity contribution in [3.05, 3.63) is 77.4 Å². The first-order valence-corrected chi connectivity index (χ1v) is 11.9. The summed E-state index contributed by atoms with van der Waals surface area (Å²) in [7, 11) is 1.63. The molecule has 3 rings (SSSR count). The second kappa shape index (κ2) is 12.1. The molecule has 7 nitrogen and oxygen atoms in total. The van der Waals surface area contributed by atoms with Crippen molar-refractivity contribution in [2.75, 3.05) is 12.4 Å². The van der Waals surface area contributed by atoms with Gasteiger partial charge in [0.15, 0.2) is 0 Å². The van der Waals surface area contributed by atoms with Crippen molar-refractivity contribution in [1.82, 2.24) is 4.98 Å². The molecule has 0 radical (unpaired) electrons. The number of aromatic nitrogens is 1. The third-order valence-electron chi connectivity index (χ3n) is 5.23. The van der Waals surface area contributed by atoms with E-state index in [1.165, 1.54) is 0 Å². The Bertz CT molecular complexity index is 1190. The Morgan fingerprint density at radius 1 is 1.03 bits per heavy atom. The van der Waals surface area contributed by atoms with Gasteiger partial charge in [0.1, 0.15) is 22.9 Å².